The summed E-state index contributed by atoms with van der Waals surface area (Å²) in [5.74, 6) is 1.45. The maximum Gasteiger partial charge on any atom is 0.225 e. The second-order valence-corrected chi connectivity index (χ2v) is 6.80. The zero-order valence-corrected chi connectivity index (χ0v) is 14.0. The van der Waals surface area contributed by atoms with Gasteiger partial charge in [-0.2, -0.15) is 9.61 Å². The van der Waals surface area contributed by atoms with Crippen LogP contribution in [-0.4, -0.2) is 56.4 Å². The Labute approximate surface area is 141 Å². The molecule has 4 heterocycles. The molecule has 0 aliphatic carbocycles. The summed E-state index contributed by atoms with van der Waals surface area (Å²) in [5.41, 5.74) is 1.74. The number of carbonyl (C=O) groups excluding carboxylic acids is 1. The number of piperidine rings is 1. The molecule has 128 valence electrons. The van der Waals surface area contributed by atoms with Crippen molar-refractivity contribution < 1.29 is 9.53 Å². The van der Waals surface area contributed by atoms with Gasteiger partial charge in [-0.1, -0.05) is 0 Å². The van der Waals surface area contributed by atoms with Gasteiger partial charge in [0.2, 0.25) is 5.91 Å². The van der Waals surface area contributed by atoms with E-state index in [1.54, 1.807) is 0 Å². The number of nitrogens with zero attached hydrogens (tertiary/aromatic N) is 5. The van der Waals surface area contributed by atoms with E-state index in [9.17, 15) is 4.79 Å². The van der Waals surface area contributed by atoms with E-state index >= 15 is 0 Å². The second-order valence-electron chi connectivity index (χ2n) is 6.80. The summed E-state index contributed by atoms with van der Waals surface area (Å²) in [6.07, 6.45) is 4.56. The highest BCUT2D eigenvalue weighted by Gasteiger charge is 2.29. The van der Waals surface area contributed by atoms with Crippen molar-refractivity contribution in [3.63, 3.8) is 0 Å². The molecule has 7 heteroatoms. The minimum Gasteiger partial charge on any atom is -0.378 e. The third kappa shape index (κ3) is 3.00. The quantitative estimate of drug-likeness (QED) is 0.857. The van der Waals surface area contributed by atoms with Crippen molar-refractivity contribution in [3.05, 3.63) is 23.7 Å². The monoisotopic (exact) mass is 329 g/mol. The largest absolute Gasteiger partial charge is 0.378 e. The summed E-state index contributed by atoms with van der Waals surface area (Å²) in [6, 6.07) is 3.89. The molecule has 7 nitrogen and oxygen atoms in total. The van der Waals surface area contributed by atoms with Crippen LogP contribution in [0.3, 0.4) is 0 Å². The van der Waals surface area contributed by atoms with Gasteiger partial charge in [0.05, 0.1) is 18.2 Å². The predicted molar refractivity (Wildman–Crippen MR) is 87.7 cm³/mol. The SMILES string of the molecule is Cc1ccc2nnc(C3CCN(C(=O)CC4CCCO4)CC3)n2n1. The Kier molecular flexibility index (Phi) is 4.18. The molecule has 1 unspecified atom stereocenters. The molecule has 2 aliphatic heterocycles. The number of likely N-dealkylation sites (tertiary alicyclic amines) is 1. The number of rotatable bonds is 3. The van der Waals surface area contributed by atoms with Crippen LogP contribution in [0.2, 0.25) is 0 Å². The number of carbonyl (C=O) groups is 1. The topological polar surface area (TPSA) is 72.6 Å². The summed E-state index contributed by atoms with van der Waals surface area (Å²) in [5, 5.41) is 13.1. The minimum absolute atomic E-state index is 0.128. The lowest BCUT2D eigenvalue weighted by Crippen LogP contribution is -2.39. The smallest absolute Gasteiger partial charge is 0.225 e. The lowest BCUT2D eigenvalue weighted by atomic mass is 9.95. The van der Waals surface area contributed by atoms with Gasteiger partial charge in [-0.05, 0) is 44.7 Å². The molecule has 1 amide bonds. The number of hydrogen-bond acceptors (Lipinski definition) is 5. The maximum absolute atomic E-state index is 12.4. The van der Waals surface area contributed by atoms with Gasteiger partial charge >= 0.3 is 0 Å². The average Bonchev–Trinajstić information content (AvgIpc) is 3.24. The lowest BCUT2D eigenvalue weighted by molar-refractivity contribution is -0.134. The van der Waals surface area contributed by atoms with Crippen LogP contribution in [0.1, 0.15) is 49.5 Å². The van der Waals surface area contributed by atoms with Crippen LogP contribution < -0.4 is 0 Å². The fourth-order valence-corrected chi connectivity index (χ4v) is 3.67. The number of aromatic nitrogens is 4. The standard InChI is InChI=1S/C17H23N5O2/c1-12-4-5-15-18-19-17(22(15)20-12)13-6-8-21(9-7-13)16(23)11-14-3-2-10-24-14/h4-5,13-14H,2-3,6-11H2,1H3. The van der Waals surface area contributed by atoms with Gasteiger partial charge in [-0.15, -0.1) is 10.2 Å². The highest BCUT2D eigenvalue weighted by atomic mass is 16.5. The molecule has 2 aliphatic rings. The number of amides is 1. The molecule has 0 bridgehead atoms. The summed E-state index contributed by atoms with van der Waals surface area (Å²) in [7, 11) is 0. The molecular formula is C17H23N5O2. The maximum atomic E-state index is 12.4. The van der Waals surface area contributed by atoms with Crippen molar-refractivity contribution in [1.82, 2.24) is 24.7 Å². The van der Waals surface area contributed by atoms with Gasteiger partial charge in [0.15, 0.2) is 11.5 Å². The highest BCUT2D eigenvalue weighted by Crippen LogP contribution is 2.27. The van der Waals surface area contributed by atoms with E-state index in [2.05, 4.69) is 15.3 Å². The van der Waals surface area contributed by atoms with Crippen molar-refractivity contribution in [2.45, 2.75) is 51.0 Å². The predicted octanol–water partition coefficient (Wildman–Crippen LogP) is 1.71. The zero-order chi connectivity index (χ0) is 16.5. The minimum atomic E-state index is 0.128. The Morgan fingerprint density at radius 2 is 2.08 bits per heavy atom. The van der Waals surface area contributed by atoms with Crippen molar-refractivity contribution in [2.24, 2.45) is 0 Å². The number of aryl methyl sites for hydroxylation is 1. The molecule has 1 atom stereocenters. The van der Waals surface area contributed by atoms with Crippen LogP contribution in [0.4, 0.5) is 0 Å². The Morgan fingerprint density at radius 1 is 1.25 bits per heavy atom. The molecule has 2 fully saturated rings. The molecule has 0 saturated carbocycles. The number of fused-ring (bicyclic) bond motifs is 1. The zero-order valence-electron chi connectivity index (χ0n) is 14.0. The van der Waals surface area contributed by atoms with Crippen LogP contribution in [0.15, 0.2) is 12.1 Å². The first kappa shape index (κ1) is 15.5. The molecule has 4 rings (SSSR count). The van der Waals surface area contributed by atoms with Crippen LogP contribution in [0, 0.1) is 6.92 Å². The first-order chi connectivity index (χ1) is 11.7. The summed E-state index contributed by atoms with van der Waals surface area (Å²) < 4.78 is 7.43. The summed E-state index contributed by atoms with van der Waals surface area (Å²) in [4.78, 5) is 14.4. The normalized spacial score (nSPS) is 22.4. The van der Waals surface area contributed by atoms with E-state index in [0.29, 0.717) is 12.3 Å². The third-order valence-corrected chi connectivity index (χ3v) is 5.06. The molecular weight excluding hydrogens is 306 g/mol. The van der Waals surface area contributed by atoms with Crippen LogP contribution in [-0.2, 0) is 9.53 Å². The van der Waals surface area contributed by atoms with E-state index in [1.165, 1.54) is 0 Å². The lowest BCUT2D eigenvalue weighted by Gasteiger charge is -2.31. The molecule has 2 saturated heterocycles. The molecule has 0 aromatic carbocycles. The van der Waals surface area contributed by atoms with Crippen LogP contribution in [0.5, 0.6) is 0 Å². The Bertz CT molecular complexity index is 730. The van der Waals surface area contributed by atoms with Gasteiger partial charge < -0.3 is 9.64 Å². The Hall–Kier alpha value is -2.02. The van der Waals surface area contributed by atoms with Gasteiger partial charge in [-0.3, -0.25) is 4.79 Å². The fraction of sp³-hybridized carbons (Fsp3) is 0.647. The first-order valence-electron chi connectivity index (χ1n) is 8.79. The van der Waals surface area contributed by atoms with Crippen molar-refractivity contribution in [1.29, 1.82) is 0 Å². The van der Waals surface area contributed by atoms with Gasteiger partial charge in [0, 0.05) is 25.6 Å². The van der Waals surface area contributed by atoms with E-state index in [1.807, 2.05) is 28.5 Å². The van der Waals surface area contributed by atoms with Crippen molar-refractivity contribution in [3.8, 4) is 0 Å². The number of hydrogen-bond donors (Lipinski definition) is 0. The highest BCUT2D eigenvalue weighted by molar-refractivity contribution is 5.76. The van der Waals surface area contributed by atoms with Crippen molar-refractivity contribution >= 4 is 11.6 Å². The fourth-order valence-electron chi connectivity index (χ4n) is 3.67. The molecule has 24 heavy (non-hydrogen) atoms. The van der Waals surface area contributed by atoms with E-state index in [0.717, 1.165) is 62.5 Å². The van der Waals surface area contributed by atoms with Gasteiger partial charge in [-0.25, -0.2) is 0 Å². The summed E-state index contributed by atoms with van der Waals surface area (Å²) in [6.45, 7) is 4.32. The van der Waals surface area contributed by atoms with Crippen LogP contribution >= 0.6 is 0 Å². The molecule has 0 radical (unpaired) electrons. The Morgan fingerprint density at radius 3 is 2.83 bits per heavy atom. The first-order valence-corrected chi connectivity index (χ1v) is 8.79. The van der Waals surface area contributed by atoms with E-state index in [4.69, 9.17) is 4.74 Å². The molecule has 2 aromatic rings. The summed E-state index contributed by atoms with van der Waals surface area (Å²) >= 11 is 0. The van der Waals surface area contributed by atoms with E-state index < -0.39 is 0 Å². The van der Waals surface area contributed by atoms with Crippen molar-refractivity contribution in [2.75, 3.05) is 19.7 Å². The molecule has 0 N–H and O–H groups in total. The Balaban J connectivity index is 1.40. The number of ether oxygens (including phenoxy) is 1. The van der Waals surface area contributed by atoms with Gasteiger partial charge in [0.1, 0.15) is 0 Å². The van der Waals surface area contributed by atoms with Crippen LogP contribution in [0.25, 0.3) is 5.65 Å². The third-order valence-electron chi connectivity index (χ3n) is 5.06. The van der Waals surface area contributed by atoms with Gasteiger partial charge in [0.25, 0.3) is 0 Å². The average molecular weight is 329 g/mol. The molecule has 0 spiro atoms. The molecule has 2 aromatic heterocycles. The van der Waals surface area contributed by atoms with E-state index in [-0.39, 0.29) is 12.0 Å². The second kappa shape index (κ2) is 6.47.